The van der Waals surface area contributed by atoms with E-state index in [-0.39, 0.29) is 0 Å². The lowest BCUT2D eigenvalue weighted by Crippen LogP contribution is -2.60. The van der Waals surface area contributed by atoms with E-state index in [0.717, 1.165) is 24.4 Å². The van der Waals surface area contributed by atoms with Gasteiger partial charge in [0.1, 0.15) is 0 Å². The first-order valence-electron chi connectivity index (χ1n) is 7.22. The molecule has 0 aromatic carbocycles. The van der Waals surface area contributed by atoms with E-state index in [1.54, 1.807) is 0 Å². The highest BCUT2D eigenvalue weighted by molar-refractivity contribution is 5.05. The normalized spacial score (nSPS) is 39.4. The Morgan fingerprint density at radius 2 is 1.88 bits per heavy atom. The summed E-state index contributed by atoms with van der Waals surface area (Å²) in [6.07, 6.45) is 10.1. The van der Waals surface area contributed by atoms with Gasteiger partial charge in [0, 0.05) is 18.1 Å². The summed E-state index contributed by atoms with van der Waals surface area (Å²) in [5, 5.41) is 0. The molecule has 2 heteroatoms. The van der Waals surface area contributed by atoms with Crippen molar-refractivity contribution in [2.45, 2.75) is 63.5 Å². The fourth-order valence-electron chi connectivity index (χ4n) is 4.31. The number of fused-ring (bicyclic) bond motifs is 1. The molecule has 3 rings (SSSR count). The van der Waals surface area contributed by atoms with Crippen molar-refractivity contribution in [1.29, 1.82) is 0 Å². The molecule has 0 bridgehead atoms. The third kappa shape index (κ3) is 1.62. The molecule has 0 amide bonds. The predicted molar refractivity (Wildman–Crippen MR) is 67.3 cm³/mol. The summed E-state index contributed by atoms with van der Waals surface area (Å²) >= 11 is 0. The maximum Gasteiger partial charge on any atom is 0.0334 e. The Balaban J connectivity index is 1.80. The third-order valence-electron chi connectivity index (χ3n) is 5.52. The van der Waals surface area contributed by atoms with Crippen LogP contribution in [0.3, 0.4) is 0 Å². The summed E-state index contributed by atoms with van der Waals surface area (Å²) in [6, 6.07) is 0.878. The Morgan fingerprint density at radius 1 is 1.12 bits per heavy atom. The van der Waals surface area contributed by atoms with Crippen LogP contribution in [-0.4, -0.2) is 29.6 Å². The molecule has 16 heavy (non-hydrogen) atoms. The maximum atomic E-state index is 6.12. The fourth-order valence-corrected chi connectivity index (χ4v) is 4.31. The molecule has 0 aromatic rings. The minimum atomic E-state index is 0.327. The van der Waals surface area contributed by atoms with Gasteiger partial charge in [-0.25, -0.2) is 0 Å². The standard InChI is InChI=1S/C14H26N2/c1-14(10-15,12-7-8-12)16-9-3-5-11-4-2-6-13(11)16/h11-13H,2-10,15H2,1H3. The van der Waals surface area contributed by atoms with Crippen molar-refractivity contribution in [1.82, 2.24) is 4.90 Å². The molecule has 92 valence electrons. The molecule has 2 aliphatic carbocycles. The Labute approximate surface area is 99.6 Å². The van der Waals surface area contributed by atoms with E-state index in [9.17, 15) is 0 Å². The number of hydrogen-bond donors (Lipinski definition) is 1. The molecule has 0 aromatic heterocycles. The van der Waals surface area contributed by atoms with Gasteiger partial charge in [0.05, 0.1) is 0 Å². The van der Waals surface area contributed by atoms with E-state index >= 15 is 0 Å². The van der Waals surface area contributed by atoms with Crippen LogP contribution in [0.4, 0.5) is 0 Å². The molecule has 3 fully saturated rings. The van der Waals surface area contributed by atoms with Gasteiger partial charge in [0.2, 0.25) is 0 Å². The number of rotatable bonds is 3. The van der Waals surface area contributed by atoms with Crippen LogP contribution in [-0.2, 0) is 0 Å². The Kier molecular flexibility index (Phi) is 2.75. The lowest BCUT2D eigenvalue weighted by atomic mass is 9.84. The molecular weight excluding hydrogens is 196 g/mol. The lowest BCUT2D eigenvalue weighted by molar-refractivity contribution is 0.000797. The zero-order valence-electron chi connectivity index (χ0n) is 10.6. The van der Waals surface area contributed by atoms with Crippen molar-refractivity contribution in [3.63, 3.8) is 0 Å². The van der Waals surface area contributed by atoms with Crippen LogP contribution < -0.4 is 5.73 Å². The highest BCUT2D eigenvalue weighted by Crippen LogP contribution is 2.48. The molecule has 3 unspecified atom stereocenters. The summed E-state index contributed by atoms with van der Waals surface area (Å²) in [4.78, 5) is 2.83. The molecule has 1 saturated heterocycles. The average molecular weight is 222 g/mol. The highest BCUT2D eigenvalue weighted by atomic mass is 15.3. The number of hydrogen-bond acceptors (Lipinski definition) is 2. The molecule has 2 N–H and O–H groups in total. The smallest absolute Gasteiger partial charge is 0.0334 e. The first-order chi connectivity index (χ1) is 7.75. The van der Waals surface area contributed by atoms with Gasteiger partial charge in [-0.2, -0.15) is 0 Å². The van der Waals surface area contributed by atoms with Gasteiger partial charge in [0.25, 0.3) is 0 Å². The summed E-state index contributed by atoms with van der Waals surface area (Å²) in [7, 11) is 0. The Morgan fingerprint density at radius 3 is 2.56 bits per heavy atom. The third-order valence-corrected chi connectivity index (χ3v) is 5.52. The van der Waals surface area contributed by atoms with Crippen LogP contribution in [0, 0.1) is 11.8 Å². The first-order valence-corrected chi connectivity index (χ1v) is 7.22. The van der Waals surface area contributed by atoms with Gasteiger partial charge < -0.3 is 5.73 Å². The monoisotopic (exact) mass is 222 g/mol. The zero-order chi connectivity index (χ0) is 11.2. The van der Waals surface area contributed by atoms with E-state index < -0.39 is 0 Å². The molecule has 3 aliphatic rings. The molecule has 0 radical (unpaired) electrons. The van der Waals surface area contributed by atoms with Gasteiger partial charge in [-0.1, -0.05) is 6.42 Å². The van der Waals surface area contributed by atoms with Crippen LogP contribution in [0.5, 0.6) is 0 Å². The Hall–Kier alpha value is -0.0800. The Bertz CT molecular complexity index is 261. The zero-order valence-corrected chi connectivity index (χ0v) is 10.6. The summed E-state index contributed by atoms with van der Waals surface area (Å²) in [6.45, 7) is 4.61. The van der Waals surface area contributed by atoms with Gasteiger partial charge in [0.15, 0.2) is 0 Å². The van der Waals surface area contributed by atoms with Crippen molar-refractivity contribution in [3.8, 4) is 0 Å². The van der Waals surface area contributed by atoms with Crippen molar-refractivity contribution >= 4 is 0 Å². The van der Waals surface area contributed by atoms with Gasteiger partial charge in [-0.3, -0.25) is 4.90 Å². The predicted octanol–water partition coefficient (Wildman–Crippen LogP) is 2.38. The largest absolute Gasteiger partial charge is 0.329 e. The topological polar surface area (TPSA) is 29.3 Å². The molecule has 2 nitrogen and oxygen atoms in total. The second-order valence-electron chi connectivity index (χ2n) is 6.43. The van der Waals surface area contributed by atoms with E-state index in [4.69, 9.17) is 5.73 Å². The van der Waals surface area contributed by atoms with Gasteiger partial charge in [-0.05, 0) is 63.8 Å². The summed E-state index contributed by atoms with van der Waals surface area (Å²) < 4.78 is 0. The van der Waals surface area contributed by atoms with E-state index in [1.807, 2.05) is 0 Å². The number of nitrogens with two attached hydrogens (primary N) is 1. The van der Waals surface area contributed by atoms with Crippen LogP contribution in [0.15, 0.2) is 0 Å². The summed E-state index contributed by atoms with van der Waals surface area (Å²) in [5.74, 6) is 1.90. The fraction of sp³-hybridized carbons (Fsp3) is 1.00. The number of nitrogens with zero attached hydrogens (tertiary/aromatic N) is 1. The van der Waals surface area contributed by atoms with Crippen molar-refractivity contribution < 1.29 is 0 Å². The lowest BCUT2D eigenvalue weighted by Gasteiger charge is -2.49. The second kappa shape index (κ2) is 3.99. The van der Waals surface area contributed by atoms with Crippen LogP contribution in [0.2, 0.25) is 0 Å². The number of likely N-dealkylation sites (tertiary alicyclic amines) is 1. The van der Waals surface area contributed by atoms with Crippen LogP contribution in [0.1, 0.15) is 51.9 Å². The first kappa shape index (κ1) is 11.0. The van der Waals surface area contributed by atoms with Gasteiger partial charge in [-0.15, -0.1) is 0 Å². The highest BCUT2D eigenvalue weighted by Gasteiger charge is 2.49. The summed E-state index contributed by atoms with van der Waals surface area (Å²) in [5.41, 5.74) is 6.45. The maximum absolute atomic E-state index is 6.12. The van der Waals surface area contributed by atoms with E-state index in [2.05, 4.69) is 11.8 Å². The minimum Gasteiger partial charge on any atom is -0.329 e. The minimum absolute atomic E-state index is 0.327. The van der Waals surface area contributed by atoms with E-state index in [1.165, 1.54) is 51.5 Å². The molecule has 1 heterocycles. The van der Waals surface area contributed by atoms with E-state index in [0.29, 0.717) is 5.54 Å². The van der Waals surface area contributed by atoms with Crippen LogP contribution >= 0.6 is 0 Å². The molecule has 1 aliphatic heterocycles. The average Bonchev–Trinajstić information content (AvgIpc) is 3.06. The molecule has 0 spiro atoms. The molecular formula is C14H26N2. The van der Waals surface area contributed by atoms with Crippen molar-refractivity contribution in [3.05, 3.63) is 0 Å². The number of piperidine rings is 1. The second-order valence-corrected chi connectivity index (χ2v) is 6.43. The molecule has 2 saturated carbocycles. The quantitative estimate of drug-likeness (QED) is 0.794. The van der Waals surface area contributed by atoms with Crippen molar-refractivity contribution in [2.24, 2.45) is 17.6 Å². The molecule has 3 atom stereocenters. The SMILES string of the molecule is CC(CN)(C1CC1)N1CCCC2CCCC21. The van der Waals surface area contributed by atoms with Gasteiger partial charge >= 0.3 is 0 Å². The van der Waals surface area contributed by atoms with Crippen LogP contribution in [0.25, 0.3) is 0 Å². The van der Waals surface area contributed by atoms with Crippen molar-refractivity contribution in [2.75, 3.05) is 13.1 Å².